The van der Waals surface area contributed by atoms with Crippen LogP contribution in [-0.2, 0) is 16.1 Å². The zero-order valence-electron chi connectivity index (χ0n) is 13.4. The van der Waals surface area contributed by atoms with E-state index in [9.17, 15) is 9.59 Å². The molecule has 0 bridgehead atoms. The molecule has 1 N–H and O–H groups in total. The summed E-state index contributed by atoms with van der Waals surface area (Å²) in [7, 11) is 0. The lowest BCUT2D eigenvalue weighted by molar-refractivity contribution is -0.148. The largest absolute Gasteiger partial charge is 0.457 e. The van der Waals surface area contributed by atoms with E-state index < -0.39 is 11.6 Å². The van der Waals surface area contributed by atoms with Gasteiger partial charge < -0.3 is 15.0 Å². The van der Waals surface area contributed by atoms with Gasteiger partial charge in [0.25, 0.3) is 0 Å². The third-order valence-corrected chi connectivity index (χ3v) is 3.31. The van der Waals surface area contributed by atoms with E-state index in [1.165, 1.54) is 6.08 Å². The first-order valence-electron chi connectivity index (χ1n) is 7.32. The van der Waals surface area contributed by atoms with Gasteiger partial charge in [-0.25, -0.2) is 9.59 Å². The zero-order valence-corrected chi connectivity index (χ0v) is 13.4. The van der Waals surface area contributed by atoms with Crippen LogP contribution in [0, 0.1) is 0 Å². The minimum atomic E-state index is -0.552. The van der Waals surface area contributed by atoms with Gasteiger partial charge in [-0.2, -0.15) is 0 Å². The number of rotatable bonds is 3. The number of amides is 2. The molecule has 1 aliphatic heterocycles. The van der Waals surface area contributed by atoms with Crippen LogP contribution in [0.25, 0.3) is 0 Å². The Balaban J connectivity index is 2.08. The second-order valence-corrected chi connectivity index (χ2v) is 6.35. The summed E-state index contributed by atoms with van der Waals surface area (Å²) >= 11 is 0. The number of benzene rings is 1. The Bertz CT molecular complexity index is 588. The van der Waals surface area contributed by atoms with Gasteiger partial charge in [0.05, 0.1) is 6.04 Å². The number of nitrogens with zero attached hydrogens (tertiary/aromatic N) is 1. The number of carbonyl (C=O) groups excluding carboxylic acids is 2. The summed E-state index contributed by atoms with van der Waals surface area (Å²) in [4.78, 5) is 25.6. The van der Waals surface area contributed by atoms with Gasteiger partial charge in [-0.15, -0.1) is 0 Å². The quantitative estimate of drug-likeness (QED) is 0.690. The predicted molar refractivity (Wildman–Crippen MR) is 83.9 cm³/mol. The topological polar surface area (TPSA) is 58.6 Å². The SMILES string of the molecule is C[C@@H]1/C(=C/C(=O)OC(C)(C)C)NC(=O)N1Cc1ccccc1. The number of nitrogens with one attached hydrogen (secondary N) is 1. The van der Waals surface area contributed by atoms with Crippen molar-refractivity contribution in [3.63, 3.8) is 0 Å². The maximum Gasteiger partial charge on any atom is 0.333 e. The van der Waals surface area contributed by atoms with Gasteiger partial charge in [-0.1, -0.05) is 30.3 Å². The molecule has 0 radical (unpaired) electrons. The van der Waals surface area contributed by atoms with E-state index in [0.717, 1.165) is 5.56 Å². The third-order valence-electron chi connectivity index (χ3n) is 3.31. The van der Waals surface area contributed by atoms with Crippen molar-refractivity contribution in [1.29, 1.82) is 0 Å². The van der Waals surface area contributed by atoms with E-state index >= 15 is 0 Å². The lowest BCUT2D eigenvalue weighted by Gasteiger charge is -2.20. The van der Waals surface area contributed by atoms with Gasteiger partial charge in [0.2, 0.25) is 0 Å². The monoisotopic (exact) mass is 302 g/mol. The molecule has 0 saturated carbocycles. The fraction of sp³-hybridized carbons (Fsp3) is 0.412. The van der Waals surface area contributed by atoms with Crippen molar-refractivity contribution in [3.05, 3.63) is 47.7 Å². The lowest BCUT2D eigenvalue weighted by atomic mass is 10.1. The van der Waals surface area contributed by atoms with E-state index in [-0.39, 0.29) is 12.1 Å². The second-order valence-electron chi connectivity index (χ2n) is 6.35. The van der Waals surface area contributed by atoms with Gasteiger partial charge in [-0.05, 0) is 33.3 Å². The van der Waals surface area contributed by atoms with Crippen LogP contribution in [0.3, 0.4) is 0 Å². The van der Waals surface area contributed by atoms with Crippen molar-refractivity contribution < 1.29 is 14.3 Å². The normalized spacial score (nSPS) is 20.2. The molecule has 22 heavy (non-hydrogen) atoms. The highest BCUT2D eigenvalue weighted by Gasteiger charge is 2.32. The van der Waals surface area contributed by atoms with E-state index in [2.05, 4.69) is 5.32 Å². The van der Waals surface area contributed by atoms with Crippen molar-refractivity contribution in [3.8, 4) is 0 Å². The minimum Gasteiger partial charge on any atom is -0.457 e. The van der Waals surface area contributed by atoms with E-state index in [1.54, 1.807) is 4.90 Å². The summed E-state index contributed by atoms with van der Waals surface area (Å²) in [6.45, 7) is 7.81. The number of carbonyl (C=O) groups is 2. The van der Waals surface area contributed by atoms with Crippen LogP contribution in [0.15, 0.2) is 42.1 Å². The molecule has 5 heteroatoms. The molecule has 1 aromatic rings. The Labute approximate surface area is 130 Å². The Morgan fingerprint density at radius 1 is 1.32 bits per heavy atom. The molecule has 0 aromatic heterocycles. The van der Waals surface area contributed by atoms with Crippen LogP contribution in [0.2, 0.25) is 0 Å². The second kappa shape index (κ2) is 6.22. The highest BCUT2D eigenvalue weighted by molar-refractivity contribution is 5.87. The van der Waals surface area contributed by atoms with Gasteiger partial charge in [-0.3, -0.25) is 0 Å². The fourth-order valence-corrected chi connectivity index (χ4v) is 2.25. The number of urea groups is 1. The standard InChI is InChI=1S/C17H22N2O3/c1-12-14(10-15(20)22-17(2,3)4)18-16(21)19(12)11-13-8-6-5-7-9-13/h5-10,12H,11H2,1-4H3,(H,18,21)/b14-10-/t12-/m1/s1. The lowest BCUT2D eigenvalue weighted by Crippen LogP contribution is -2.31. The molecule has 1 atom stereocenters. The van der Waals surface area contributed by atoms with Crippen molar-refractivity contribution in [1.82, 2.24) is 10.2 Å². The molecular formula is C17H22N2O3. The molecule has 1 aliphatic rings. The first-order chi connectivity index (χ1) is 10.3. The van der Waals surface area contributed by atoms with E-state index in [1.807, 2.05) is 58.0 Å². The first kappa shape index (κ1) is 16.1. The Kier molecular flexibility index (Phi) is 4.54. The maximum atomic E-state index is 12.1. The number of hydrogen-bond donors (Lipinski definition) is 1. The first-order valence-corrected chi connectivity index (χ1v) is 7.32. The Hall–Kier alpha value is -2.30. The summed E-state index contributed by atoms with van der Waals surface area (Å²) in [5.74, 6) is -0.448. The van der Waals surface area contributed by atoms with Gasteiger partial charge in [0.15, 0.2) is 0 Å². The molecular weight excluding hydrogens is 280 g/mol. The Morgan fingerprint density at radius 3 is 2.55 bits per heavy atom. The zero-order chi connectivity index (χ0) is 16.3. The predicted octanol–water partition coefficient (Wildman–Crippen LogP) is 2.83. The molecule has 2 amide bonds. The highest BCUT2D eigenvalue weighted by atomic mass is 16.6. The summed E-state index contributed by atoms with van der Waals surface area (Å²) < 4.78 is 5.25. The fourth-order valence-electron chi connectivity index (χ4n) is 2.25. The molecule has 1 heterocycles. The van der Waals surface area contributed by atoms with Crippen LogP contribution in [0.1, 0.15) is 33.3 Å². The van der Waals surface area contributed by atoms with Crippen LogP contribution in [0.4, 0.5) is 4.79 Å². The summed E-state index contributed by atoms with van der Waals surface area (Å²) in [6, 6.07) is 9.35. The maximum absolute atomic E-state index is 12.1. The van der Waals surface area contributed by atoms with Gasteiger partial charge >= 0.3 is 12.0 Å². The molecule has 0 aliphatic carbocycles. The third kappa shape index (κ3) is 4.10. The molecule has 1 aromatic carbocycles. The summed E-state index contributed by atoms with van der Waals surface area (Å²) in [5, 5.41) is 2.74. The van der Waals surface area contributed by atoms with Crippen molar-refractivity contribution in [2.75, 3.05) is 0 Å². The van der Waals surface area contributed by atoms with E-state index in [0.29, 0.717) is 12.2 Å². The van der Waals surface area contributed by atoms with E-state index in [4.69, 9.17) is 4.74 Å². The molecule has 1 fully saturated rings. The molecule has 5 nitrogen and oxygen atoms in total. The molecule has 1 saturated heterocycles. The summed E-state index contributed by atoms with van der Waals surface area (Å²) in [6.07, 6.45) is 1.36. The van der Waals surface area contributed by atoms with Crippen molar-refractivity contribution >= 4 is 12.0 Å². The molecule has 0 spiro atoms. The average Bonchev–Trinajstić information content (AvgIpc) is 2.65. The molecule has 118 valence electrons. The van der Waals surface area contributed by atoms with Gasteiger partial charge in [0, 0.05) is 18.3 Å². The Morgan fingerprint density at radius 2 is 1.95 bits per heavy atom. The number of ether oxygens (including phenoxy) is 1. The number of hydrogen-bond acceptors (Lipinski definition) is 3. The molecule has 0 unspecified atom stereocenters. The smallest absolute Gasteiger partial charge is 0.333 e. The van der Waals surface area contributed by atoms with Crippen LogP contribution >= 0.6 is 0 Å². The van der Waals surface area contributed by atoms with Crippen LogP contribution < -0.4 is 5.32 Å². The highest BCUT2D eigenvalue weighted by Crippen LogP contribution is 2.20. The summed E-state index contributed by atoms with van der Waals surface area (Å²) in [5.41, 5.74) is 1.06. The van der Waals surface area contributed by atoms with Crippen LogP contribution in [0.5, 0.6) is 0 Å². The minimum absolute atomic E-state index is 0.194. The van der Waals surface area contributed by atoms with Crippen molar-refractivity contribution in [2.24, 2.45) is 0 Å². The van der Waals surface area contributed by atoms with Crippen molar-refractivity contribution in [2.45, 2.75) is 45.9 Å². The average molecular weight is 302 g/mol. The number of esters is 1. The molecule has 2 rings (SSSR count). The van der Waals surface area contributed by atoms with Gasteiger partial charge in [0.1, 0.15) is 5.60 Å². The van der Waals surface area contributed by atoms with Crippen LogP contribution in [-0.4, -0.2) is 28.5 Å².